The summed E-state index contributed by atoms with van der Waals surface area (Å²) in [5.74, 6) is 0.274. The fourth-order valence-corrected chi connectivity index (χ4v) is 6.36. The molecule has 1 aliphatic rings. The Morgan fingerprint density at radius 3 is 2.02 bits per heavy atom. The molecule has 44 heavy (non-hydrogen) atoms. The Hall–Kier alpha value is -4.09. The van der Waals surface area contributed by atoms with Crippen molar-refractivity contribution in [3.8, 4) is 27.7 Å². The third-order valence-corrected chi connectivity index (χ3v) is 8.44. The molecule has 230 valence electrons. The molecule has 4 aromatic rings. The zero-order valence-corrected chi connectivity index (χ0v) is 25.7. The number of ketones is 1. The number of carbonyl (C=O) groups is 3. The highest BCUT2D eigenvalue weighted by Crippen LogP contribution is 2.42. The summed E-state index contributed by atoms with van der Waals surface area (Å²) < 4.78 is 27.1. The molecule has 3 aromatic carbocycles. The van der Waals surface area contributed by atoms with E-state index >= 15 is 0 Å². The number of benzene rings is 3. The maximum absolute atomic E-state index is 14.1. The Morgan fingerprint density at radius 1 is 0.750 bits per heavy atom. The van der Waals surface area contributed by atoms with Crippen molar-refractivity contribution in [3.05, 3.63) is 77.9 Å². The summed E-state index contributed by atoms with van der Waals surface area (Å²) in [6.45, 7) is 3.39. The Kier molecular flexibility index (Phi) is 10.7. The van der Waals surface area contributed by atoms with Gasteiger partial charge in [-0.3, -0.25) is 9.69 Å². The first kappa shape index (κ1) is 31.3. The lowest BCUT2D eigenvalue weighted by molar-refractivity contribution is -0.139. The minimum Gasteiger partial charge on any atom is -0.492 e. The van der Waals surface area contributed by atoms with Crippen LogP contribution in [0.3, 0.4) is 0 Å². The van der Waals surface area contributed by atoms with Crippen molar-refractivity contribution >= 4 is 39.1 Å². The number of thiophene rings is 1. The van der Waals surface area contributed by atoms with Gasteiger partial charge in [0, 0.05) is 46.9 Å². The fourth-order valence-electron chi connectivity index (χ4n) is 5.12. The summed E-state index contributed by atoms with van der Waals surface area (Å²) in [4.78, 5) is 41.1. The average Bonchev–Trinajstić information content (AvgIpc) is 3.41. The number of piperidine rings is 1. The van der Waals surface area contributed by atoms with Gasteiger partial charge < -0.3 is 23.7 Å². The van der Waals surface area contributed by atoms with Gasteiger partial charge in [-0.2, -0.15) is 0 Å². The first-order valence-electron chi connectivity index (χ1n) is 14.5. The molecule has 1 aliphatic heterocycles. The molecule has 0 unspecified atom stereocenters. The summed E-state index contributed by atoms with van der Waals surface area (Å²) >= 11 is 1.41. The number of rotatable bonds is 13. The number of ether oxygens (including phenoxy) is 5. The quantitative estimate of drug-likeness (QED) is 0.105. The van der Waals surface area contributed by atoms with E-state index in [0.29, 0.717) is 29.2 Å². The maximum Gasteiger partial charge on any atom is 0.337 e. The molecule has 10 heteroatoms. The van der Waals surface area contributed by atoms with Gasteiger partial charge in [-0.05, 0) is 98.2 Å². The number of hydrogen-bond donors (Lipinski definition) is 0. The number of carbonyl (C=O) groups excluding carboxylic acids is 3. The highest BCUT2D eigenvalue weighted by atomic mass is 32.1. The molecule has 1 fully saturated rings. The van der Waals surface area contributed by atoms with E-state index < -0.39 is 11.9 Å². The van der Waals surface area contributed by atoms with Crippen LogP contribution in [0.1, 0.15) is 35.2 Å². The molecule has 0 saturated carbocycles. The standard InChI is InChI=1S/C34H35NO8S/c1-39-21-30(36)42-26-12-8-24(9-13-26)34-32(28-15-14-27(20-29(28)44-34)43-31(37)22-40-2)33(38)23-6-10-25(11-7-23)41-19-18-35-16-4-3-5-17-35/h6-15,20H,3-5,16-19,21-22H2,1-2H3. The van der Waals surface area contributed by atoms with Crippen molar-refractivity contribution in [2.75, 3.05) is 53.7 Å². The second-order valence-corrected chi connectivity index (χ2v) is 11.5. The minimum absolute atomic E-state index is 0.147. The van der Waals surface area contributed by atoms with Gasteiger partial charge in [-0.1, -0.05) is 6.42 Å². The second-order valence-electron chi connectivity index (χ2n) is 10.4. The summed E-state index contributed by atoms with van der Waals surface area (Å²) in [6, 6.07) is 19.4. The van der Waals surface area contributed by atoms with Gasteiger partial charge in [-0.25, -0.2) is 9.59 Å². The SMILES string of the molecule is COCC(=O)Oc1ccc(-c2sc3cc(OC(=O)COC)ccc3c2C(=O)c2ccc(OCCN3CCCCC3)cc2)cc1. The van der Waals surface area contributed by atoms with E-state index in [1.54, 1.807) is 54.6 Å². The van der Waals surface area contributed by atoms with Gasteiger partial charge in [0.05, 0.1) is 0 Å². The summed E-state index contributed by atoms with van der Waals surface area (Å²) in [5.41, 5.74) is 1.83. The average molecular weight is 618 g/mol. The van der Waals surface area contributed by atoms with Gasteiger partial charge in [0.25, 0.3) is 0 Å². The van der Waals surface area contributed by atoms with Gasteiger partial charge >= 0.3 is 11.9 Å². The van der Waals surface area contributed by atoms with Crippen LogP contribution >= 0.6 is 11.3 Å². The van der Waals surface area contributed by atoms with Crippen molar-refractivity contribution in [2.24, 2.45) is 0 Å². The lowest BCUT2D eigenvalue weighted by Gasteiger charge is -2.26. The van der Waals surface area contributed by atoms with Crippen molar-refractivity contribution in [1.82, 2.24) is 4.90 Å². The Balaban J connectivity index is 1.41. The third kappa shape index (κ3) is 7.89. The predicted molar refractivity (Wildman–Crippen MR) is 168 cm³/mol. The van der Waals surface area contributed by atoms with E-state index in [-0.39, 0.29) is 19.0 Å². The van der Waals surface area contributed by atoms with Crippen LogP contribution in [0.5, 0.6) is 17.2 Å². The summed E-state index contributed by atoms with van der Waals surface area (Å²) in [7, 11) is 2.84. The molecule has 1 aromatic heterocycles. The lowest BCUT2D eigenvalue weighted by atomic mass is 9.97. The number of hydrogen-bond acceptors (Lipinski definition) is 10. The summed E-state index contributed by atoms with van der Waals surface area (Å²) in [5, 5.41) is 0.735. The molecule has 2 heterocycles. The number of nitrogens with zero attached hydrogens (tertiary/aromatic N) is 1. The number of esters is 2. The maximum atomic E-state index is 14.1. The smallest absolute Gasteiger partial charge is 0.337 e. The molecule has 0 spiro atoms. The molecule has 0 amide bonds. The van der Waals surface area contributed by atoms with Crippen LogP contribution in [-0.4, -0.2) is 76.3 Å². The summed E-state index contributed by atoms with van der Waals surface area (Å²) in [6.07, 6.45) is 3.78. The zero-order valence-electron chi connectivity index (χ0n) is 24.8. The molecule has 0 bridgehead atoms. The molecule has 0 N–H and O–H groups in total. The highest BCUT2D eigenvalue weighted by molar-refractivity contribution is 7.22. The first-order valence-corrected chi connectivity index (χ1v) is 15.3. The minimum atomic E-state index is -0.517. The van der Waals surface area contributed by atoms with E-state index in [1.165, 1.54) is 44.8 Å². The van der Waals surface area contributed by atoms with Gasteiger partial charge in [0.2, 0.25) is 0 Å². The number of methoxy groups -OCH3 is 2. The number of likely N-dealkylation sites (tertiary alicyclic amines) is 1. The Bertz CT molecular complexity index is 1590. The van der Waals surface area contributed by atoms with E-state index in [1.807, 2.05) is 12.1 Å². The van der Waals surface area contributed by atoms with E-state index in [2.05, 4.69) is 4.90 Å². The van der Waals surface area contributed by atoms with Crippen LogP contribution in [0.15, 0.2) is 66.7 Å². The van der Waals surface area contributed by atoms with Crippen LogP contribution in [0, 0.1) is 0 Å². The fraction of sp³-hybridized carbons (Fsp3) is 0.324. The van der Waals surface area contributed by atoms with Crippen LogP contribution in [0.2, 0.25) is 0 Å². The van der Waals surface area contributed by atoms with Gasteiger partial charge in [0.1, 0.15) is 37.1 Å². The zero-order chi connectivity index (χ0) is 30.9. The molecular weight excluding hydrogens is 582 g/mol. The molecule has 0 aliphatic carbocycles. The topological polar surface area (TPSA) is 101 Å². The van der Waals surface area contributed by atoms with Crippen molar-refractivity contribution in [3.63, 3.8) is 0 Å². The van der Waals surface area contributed by atoms with Crippen LogP contribution in [0.4, 0.5) is 0 Å². The van der Waals surface area contributed by atoms with E-state index in [0.717, 1.165) is 45.9 Å². The highest BCUT2D eigenvalue weighted by Gasteiger charge is 2.23. The molecule has 5 rings (SSSR count). The molecule has 0 atom stereocenters. The largest absolute Gasteiger partial charge is 0.492 e. The van der Waals surface area contributed by atoms with Gasteiger partial charge in [0.15, 0.2) is 5.78 Å². The van der Waals surface area contributed by atoms with Crippen molar-refractivity contribution < 1.29 is 38.1 Å². The molecule has 0 radical (unpaired) electrons. The normalized spacial score (nSPS) is 13.5. The third-order valence-electron chi connectivity index (χ3n) is 7.23. The lowest BCUT2D eigenvalue weighted by Crippen LogP contribution is -2.33. The predicted octanol–water partition coefficient (Wildman–Crippen LogP) is 5.77. The Labute approximate surface area is 260 Å². The number of fused-ring (bicyclic) bond motifs is 1. The second kappa shape index (κ2) is 15.1. The first-order chi connectivity index (χ1) is 21.4. The monoisotopic (exact) mass is 617 g/mol. The van der Waals surface area contributed by atoms with Crippen LogP contribution in [-0.2, 0) is 19.1 Å². The molecule has 9 nitrogen and oxygen atoms in total. The van der Waals surface area contributed by atoms with Crippen LogP contribution in [0.25, 0.3) is 20.5 Å². The van der Waals surface area contributed by atoms with E-state index in [4.69, 9.17) is 23.7 Å². The van der Waals surface area contributed by atoms with E-state index in [9.17, 15) is 14.4 Å². The van der Waals surface area contributed by atoms with Crippen molar-refractivity contribution in [2.45, 2.75) is 19.3 Å². The molecule has 1 saturated heterocycles. The van der Waals surface area contributed by atoms with Crippen molar-refractivity contribution in [1.29, 1.82) is 0 Å². The molecular formula is C34H35NO8S. The van der Waals surface area contributed by atoms with Gasteiger partial charge in [-0.15, -0.1) is 11.3 Å². The Morgan fingerprint density at radius 2 is 1.36 bits per heavy atom. The van der Waals surface area contributed by atoms with Crippen LogP contribution < -0.4 is 14.2 Å².